The molecule has 0 unspecified atom stereocenters. The molecule has 0 bridgehead atoms. The van der Waals surface area contributed by atoms with Crippen LogP contribution in [0, 0.1) is 0 Å². The predicted octanol–water partition coefficient (Wildman–Crippen LogP) is 4.99. The van der Waals surface area contributed by atoms with Crippen LogP contribution < -0.4 is 0 Å². The van der Waals surface area contributed by atoms with Gasteiger partial charge in [-0.05, 0) is 16.5 Å². The molecular weight excluding hydrogens is 312 g/mol. The van der Waals surface area contributed by atoms with Gasteiger partial charge >= 0.3 is 5.97 Å². The van der Waals surface area contributed by atoms with Gasteiger partial charge in [0.1, 0.15) is 0 Å². The summed E-state index contributed by atoms with van der Waals surface area (Å²) in [4.78, 5) is 22.1. The first kappa shape index (κ1) is 18.9. The number of hydrogen-bond donors (Lipinski definition) is 1. The van der Waals surface area contributed by atoms with Crippen molar-refractivity contribution in [2.45, 2.75) is 51.4 Å². The van der Waals surface area contributed by atoms with Gasteiger partial charge in [0.05, 0.1) is 6.42 Å². The number of benzene rings is 2. The summed E-state index contributed by atoms with van der Waals surface area (Å²) in [5, 5.41) is 8.71. The average Bonchev–Trinajstić information content (AvgIpc) is 2.78. The predicted molar refractivity (Wildman–Crippen MR) is 100 cm³/mol. The Balaban J connectivity index is 0.000000181. The molecule has 0 saturated carbocycles. The van der Waals surface area contributed by atoms with E-state index in [0.717, 1.165) is 11.1 Å². The van der Waals surface area contributed by atoms with Gasteiger partial charge < -0.3 is 5.11 Å². The Morgan fingerprint density at radius 3 is 2.16 bits per heavy atom. The van der Waals surface area contributed by atoms with Crippen molar-refractivity contribution in [1.29, 1.82) is 0 Å². The summed E-state index contributed by atoms with van der Waals surface area (Å²) in [6.45, 7) is 8.13. The Morgan fingerprint density at radius 2 is 1.60 bits per heavy atom. The van der Waals surface area contributed by atoms with Crippen LogP contribution in [-0.2, 0) is 15.6 Å². The van der Waals surface area contributed by atoms with E-state index in [1.165, 1.54) is 5.56 Å². The first-order chi connectivity index (χ1) is 11.6. The lowest BCUT2D eigenvalue weighted by molar-refractivity contribution is -0.138. The molecule has 0 aliphatic heterocycles. The fourth-order valence-electron chi connectivity index (χ4n) is 3.28. The van der Waals surface area contributed by atoms with Gasteiger partial charge in [-0.3, -0.25) is 9.59 Å². The first-order valence-corrected chi connectivity index (χ1v) is 8.53. The van der Waals surface area contributed by atoms with Crippen molar-refractivity contribution in [3.63, 3.8) is 0 Å². The third-order valence-electron chi connectivity index (χ3n) is 4.71. The topological polar surface area (TPSA) is 54.4 Å². The highest BCUT2D eigenvalue weighted by molar-refractivity contribution is 6.02. The van der Waals surface area contributed by atoms with Crippen LogP contribution in [0.2, 0.25) is 0 Å². The number of ketones is 1. The average molecular weight is 338 g/mol. The van der Waals surface area contributed by atoms with Crippen molar-refractivity contribution in [2.75, 3.05) is 0 Å². The number of aliphatic carboxylic acids is 1. The molecule has 3 rings (SSSR count). The number of fused-ring (bicyclic) bond motifs is 1. The van der Waals surface area contributed by atoms with Crippen LogP contribution in [-0.4, -0.2) is 16.9 Å². The lowest BCUT2D eigenvalue weighted by Crippen LogP contribution is -2.21. The molecule has 0 amide bonds. The van der Waals surface area contributed by atoms with Crippen LogP contribution in [0.4, 0.5) is 0 Å². The monoisotopic (exact) mass is 338 g/mol. The summed E-state index contributed by atoms with van der Waals surface area (Å²) in [6.07, 6.45) is 0.823. The molecule has 2 aromatic carbocycles. The molecule has 25 heavy (non-hydrogen) atoms. The summed E-state index contributed by atoms with van der Waals surface area (Å²) < 4.78 is 0. The van der Waals surface area contributed by atoms with Gasteiger partial charge in [0, 0.05) is 17.4 Å². The van der Waals surface area contributed by atoms with Crippen LogP contribution in [0.1, 0.15) is 62.0 Å². The van der Waals surface area contributed by atoms with E-state index in [0.29, 0.717) is 6.42 Å². The molecular formula is C22H26O3. The van der Waals surface area contributed by atoms with E-state index in [-0.39, 0.29) is 23.0 Å². The maximum absolute atomic E-state index is 11.5. The molecule has 0 atom stereocenters. The molecule has 0 spiro atoms. The standard InChI is InChI=1S/C11H14O2.C11H12O/c1-11(2,8-10(12)13)9-6-4-3-5-7-9;1-11(2)7-10(12)8-5-3-4-6-9(8)11/h3-7H,8H2,1-2H3,(H,12,13);3-6H,7H2,1-2H3. The summed E-state index contributed by atoms with van der Waals surface area (Å²) >= 11 is 0. The summed E-state index contributed by atoms with van der Waals surface area (Å²) in [5.41, 5.74) is 2.95. The zero-order valence-electron chi connectivity index (χ0n) is 15.4. The molecule has 0 radical (unpaired) electrons. The molecule has 2 aromatic rings. The van der Waals surface area contributed by atoms with E-state index in [4.69, 9.17) is 5.11 Å². The zero-order chi connectivity index (χ0) is 18.7. The second kappa shape index (κ2) is 7.22. The van der Waals surface area contributed by atoms with E-state index in [9.17, 15) is 9.59 Å². The van der Waals surface area contributed by atoms with Gasteiger partial charge in [0.15, 0.2) is 5.78 Å². The summed E-state index contributed by atoms with van der Waals surface area (Å²) in [6, 6.07) is 17.6. The quantitative estimate of drug-likeness (QED) is 0.858. The fraction of sp³-hybridized carbons (Fsp3) is 0.364. The Bertz CT molecular complexity index is 758. The number of carboxylic acids is 1. The number of carboxylic acid groups (broad SMARTS) is 1. The summed E-state index contributed by atoms with van der Waals surface area (Å²) in [7, 11) is 0. The smallest absolute Gasteiger partial charge is 0.304 e. The van der Waals surface area contributed by atoms with E-state index < -0.39 is 5.97 Å². The van der Waals surface area contributed by atoms with E-state index in [1.807, 2.05) is 62.4 Å². The second-order valence-corrected chi connectivity index (χ2v) is 7.85. The third-order valence-corrected chi connectivity index (χ3v) is 4.71. The highest BCUT2D eigenvalue weighted by Crippen LogP contribution is 2.37. The van der Waals surface area contributed by atoms with Crippen molar-refractivity contribution in [2.24, 2.45) is 0 Å². The van der Waals surface area contributed by atoms with E-state index in [2.05, 4.69) is 19.9 Å². The highest BCUT2D eigenvalue weighted by Gasteiger charge is 2.34. The number of carbonyl (C=O) groups is 2. The molecule has 1 N–H and O–H groups in total. The molecule has 3 nitrogen and oxygen atoms in total. The molecule has 0 fully saturated rings. The maximum atomic E-state index is 11.5. The van der Waals surface area contributed by atoms with Crippen molar-refractivity contribution in [3.05, 3.63) is 71.3 Å². The maximum Gasteiger partial charge on any atom is 0.304 e. The Labute approximate surface area is 149 Å². The minimum absolute atomic E-state index is 0.0493. The zero-order valence-corrected chi connectivity index (χ0v) is 15.4. The highest BCUT2D eigenvalue weighted by atomic mass is 16.4. The number of carbonyl (C=O) groups excluding carboxylic acids is 1. The van der Waals surface area contributed by atoms with Crippen LogP contribution >= 0.6 is 0 Å². The van der Waals surface area contributed by atoms with Crippen molar-refractivity contribution in [1.82, 2.24) is 0 Å². The minimum Gasteiger partial charge on any atom is -0.481 e. The summed E-state index contributed by atoms with van der Waals surface area (Å²) in [5.74, 6) is -0.468. The molecule has 0 saturated heterocycles. The van der Waals surface area contributed by atoms with Crippen LogP contribution in [0.3, 0.4) is 0 Å². The molecule has 3 heteroatoms. The van der Waals surface area contributed by atoms with Gasteiger partial charge in [0.2, 0.25) is 0 Å². The van der Waals surface area contributed by atoms with Crippen molar-refractivity contribution < 1.29 is 14.7 Å². The lowest BCUT2D eigenvalue weighted by atomic mass is 9.82. The third kappa shape index (κ3) is 4.56. The molecule has 132 valence electrons. The first-order valence-electron chi connectivity index (χ1n) is 8.53. The van der Waals surface area contributed by atoms with Gasteiger partial charge in [0.25, 0.3) is 0 Å². The van der Waals surface area contributed by atoms with Gasteiger partial charge in [-0.25, -0.2) is 0 Å². The molecule has 0 aromatic heterocycles. The molecule has 0 heterocycles. The molecule has 1 aliphatic carbocycles. The van der Waals surface area contributed by atoms with Gasteiger partial charge in [-0.15, -0.1) is 0 Å². The van der Waals surface area contributed by atoms with E-state index in [1.54, 1.807) is 0 Å². The lowest BCUT2D eigenvalue weighted by Gasteiger charge is -2.22. The minimum atomic E-state index is -0.756. The largest absolute Gasteiger partial charge is 0.481 e. The van der Waals surface area contributed by atoms with Gasteiger partial charge in [-0.2, -0.15) is 0 Å². The van der Waals surface area contributed by atoms with Crippen LogP contribution in [0.15, 0.2) is 54.6 Å². The number of Topliss-reactive ketones (excluding diaryl/α,β-unsaturated/α-hetero) is 1. The second-order valence-electron chi connectivity index (χ2n) is 7.85. The van der Waals surface area contributed by atoms with Gasteiger partial charge in [-0.1, -0.05) is 82.3 Å². The Kier molecular flexibility index (Phi) is 5.46. The van der Waals surface area contributed by atoms with E-state index >= 15 is 0 Å². The van der Waals surface area contributed by atoms with Crippen molar-refractivity contribution in [3.8, 4) is 0 Å². The number of rotatable bonds is 3. The normalized spacial score (nSPS) is 15.1. The molecule has 1 aliphatic rings. The Hall–Kier alpha value is -2.42. The Morgan fingerprint density at radius 1 is 1.04 bits per heavy atom. The van der Waals surface area contributed by atoms with Crippen LogP contribution in [0.25, 0.3) is 0 Å². The SMILES string of the molecule is CC(C)(CC(=O)O)c1ccccc1.CC1(C)CC(=O)c2ccccc21. The fourth-order valence-corrected chi connectivity index (χ4v) is 3.28. The van der Waals surface area contributed by atoms with Crippen LogP contribution in [0.5, 0.6) is 0 Å². The van der Waals surface area contributed by atoms with Crippen molar-refractivity contribution >= 4 is 11.8 Å². The number of hydrogen-bond acceptors (Lipinski definition) is 2.